The van der Waals surface area contributed by atoms with E-state index >= 15 is 0 Å². The van der Waals surface area contributed by atoms with E-state index in [1.54, 1.807) is 6.26 Å². The van der Waals surface area contributed by atoms with Gasteiger partial charge in [-0.2, -0.15) is 0 Å². The second kappa shape index (κ2) is 5.10. The molecule has 0 fully saturated rings. The minimum Gasteiger partial charge on any atom is -0.472 e. The molecule has 1 heteroatoms. The average Bonchev–Trinajstić information content (AvgIpc) is 3.32. The molecule has 2 aliphatic rings. The molecule has 1 unspecified atom stereocenters. The van der Waals surface area contributed by atoms with Crippen LogP contribution >= 0.6 is 0 Å². The van der Waals surface area contributed by atoms with E-state index in [1.165, 1.54) is 44.5 Å². The smallest absolute Gasteiger partial charge is 0.0981 e. The summed E-state index contributed by atoms with van der Waals surface area (Å²) in [7, 11) is 0. The third kappa shape index (κ3) is 1.88. The van der Waals surface area contributed by atoms with E-state index in [0.717, 1.165) is 6.42 Å². The fraction of sp³-hybridized carbons (Fsp3) is 0.130. The maximum Gasteiger partial charge on any atom is 0.0981 e. The highest BCUT2D eigenvalue weighted by Crippen LogP contribution is 2.45. The van der Waals surface area contributed by atoms with Gasteiger partial charge in [0.05, 0.1) is 12.5 Å². The Bertz CT molecular complexity index is 987. The lowest BCUT2D eigenvalue weighted by molar-refractivity contribution is 0.566. The SMILES string of the molecule is CC1C=CC(c2ccoc2)=C1c1cccc2c1Cc1ccccc1-2. The zero-order valence-electron chi connectivity index (χ0n) is 13.6. The van der Waals surface area contributed by atoms with Gasteiger partial charge in [-0.25, -0.2) is 0 Å². The molecule has 2 aliphatic carbocycles. The summed E-state index contributed by atoms with van der Waals surface area (Å²) in [6, 6.07) is 17.6. The van der Waals surface area contributed by atoms with E-state index < -0.39 is 0 Å². The first-order valence-corrected chi connectivity index (χ1v) is 8.48. The molecular weight excluding hydrogens is 292 g/mol. The lowest BCUT2D eigenvalue weighted by atomic mass is 9.87. The minimum atomic E-state index is 0.421. The summed E-state index contributed by atoms with van der Waals surface area (Å²) < 4.78 is 5.32. The second-order valence-electron chi connectivity index (χ2n) is 6.65. The molecule has 0 radical (unpaired) electrons. The molecule has 5 rings (SSSR count). The van der Waals surface area contributed by atoms with Gasteiger partial charge in [0.15, 0.2) is 0 Å². The Balaban J connectivity index is 1.73. The van der Waals surface area contributed by atoms with Gasteiger partial charge in [-0.3, -0.25) is 0 Å². The molecule has 3 aromatic rings. The van der Waals surface area contributed by atoms with Crippen LogP contribution in [0.2, 0.25) is 0 Å². The van der Waals surface area contributed by atoms with Crippen molar-refractivity contribution in [3.05, 3.63) is 95.5 Å². The molecule has 0 saturated heterocycles. The molecule has 1 atom stereocenters. The Morgan fingerprint density at radius 1 is 0.917 bits per heavy atom. The molecule has 0 aliphatic heterocycles. The highest BCUT2D eigenvalue weighted by Gasteiger charge is 2.26. The van der Waals surface area contributed by atoms with Gasteiger partial charge in [-0.1, -0.05) is 61.5 Å². The van der Waals surface area contributed by atoms with Gasteiger partial charge < -0.3 is 4.42 Å². The summed E-state index contributed by atoms with van der Waals surface area (Å²) in [6.45, 7) is 2.28. The van der Waals surface area contributed by atoms with Crippen molar-refractivity contribution in [1.29, 1.82) is 0 Å². The molecule has 116 valence electrons. The molecule has 1 heterocycles. The predicted molar refractivity (Wildman–Crippen MR) is 98.5 cm³/mol. The Kier molecular flexibility index (Phi) is 2.90. The van der Waals surface area contributed by atoms with Crippen molar-refractivity contribution in [2.75, 3.05) is 0 Å². The number of benzene rings is 2. The summed E-state index contributed by atoms with van der Waals surface area (Å²) in [5.41, 5.74) is 10.9. The first-order chi connectivity index (χ1) is 11.8. The van der Waals surface area contributed by atoms with Crippen LogP contribution in [0.15, 0.2) is 77.6 Å². The molecule has 2 aromatic carbocycles. The Hall–Kier alpha value is -2.80. The van der Waals surface area contributed by atoms with Crippen molar-refractivity contribution in [3.8, 4) is 11.1 Å². The summed E-state index contributed by atoms with van der Waals surface area (Å²) in [5.74, 6) is 0.421. The van der Waals surface area contributed by atoms with Crippen LogP contribution in [0.1, 0.15) is 29.2 Å². The average molecular weight is 310 g/mol. The van der Waals surface area contributed by atoms with E-state index in [1.807, 2.05) is 6.26 Å². The topological polar surface area (TPSA) is 13.1 Å². The predicted octanol–water partition coefficient (Wildman–Crippen LogP) is 5.97. The molecule has 0 spiro atoms. The maximum absolute atomic E-state index is 5.32. The number of rotatable bonds is 2. The highest BCUT2D eigenvalue weighted by molar-refractivity contribution is 6.01. The third-order valence-electron chi connectivity index (χ3n) is 5.27. The normalized spacial score (nSPS) is 18.1. The first-order valence-electron chi connectivity index (χ1n) is 8.48. The molecule has 1 nitrogen and oxygen atoms in total. The molecular formula is C23H18O. The van der Waals surface area contributed by atoms with Gasteiger partial charge in [-0.15, -0.1) is 0 Å². The van der Waals surface area contributed by atoms with E-state index in [9.17, 15) is 0 Å². The lowest BCUT2D eigenvalue weighted by Crippen LogP contribution is -1.98. The Morgan fingerprint density at radius 3 is 2.62 bits per heavy atom. The zero-order valence-corrected chi connectivity index (χ0v) is 13.6. The highest BCUT2D eigenvalue weighted by atomic mass is 16.3. The van der Waals surface area contributed by atoms with Crippen LogP contribution in [0.3, 0.4) is 0 Å². The summed E-state index contributed by atoms with van der Waals surface area (Å²) >= 11 is 0. The minimum absolute atomic E-state index is 0.421. The zero-order chi connectivity index (χ0) is 16.1. The number of fused-ring (bicyclic) bond motifs is 3. The second-order valence-corrected chi connectivity index (χ2v) is 6.65. The first kappa shape index (κ1) is 13.6. The van der Waals surface area contributed by atoms with Gasteiger partial charge in [0.25, 0.3) is 0 Å². The van der Waals surface area contributed by atoms with Gasteiger partial charge >= 0.3 is 0 Å². The molecule has 0 amide bonds. The number of hydrogen-bond donors (Lipinski definition) is 0. The van der Waals surface area contributed by atoms with Crippen molar-refractivity contribution in [3.63, 3.8) is 0 Å². The van der Waals surface area contributed by atoms with E-state index in [4.69, 9.17) is 4.42 Å². The van der Waals surface area contributed by atoms with Crippen LogP contribution < -0.4 is 0 Å². The fourth-order valence-electron chi connectivity index (χ4n) is 4.14. The van der Waals surface area contributed by atoms with Gasteiger partial charge in [0.1, 0.15) is 0 Å². The van der Waals surface area contributed by atoms with Crippen LogP contribution in [0.5, 0.6) is 0 Å². The fourth-order valence-corrected chi connectivity index (χ4v) is 4.14. The molecule has 0 saturated carbocycles. The van der Waals surface area contributed by atoms with Crippen LogP contribution in [0, 0.1) is 5.92 Å². The van der Waals surface area contributed by atoms with Crippen LogP contribution in [0.25, 0.3) is 22.3 Å². The third-order valence-corrected chi connectivity index (χ3v) is 5.27. The Labute approximate surface area is 142 Å². The van der Waals surface area contributed by atoms with Crippen LogP contribution in [-0.4, -0.2) is 0 Å². The Morgan fingerprint density at radius 2 is 1.75 bits per heavy atom. The number of allylic oxidation sites excluding steroid dienone is 4. The van der Waals surface area contributed by atoms with Gasteiger partial charge in [0, 0.05) is 11.5 Å². The van der Waals surface area contributed by atoms with Crippen molar-refractivity contribution in [2.45, 2.75) is 13.3 Å². The van der Waals surface area contributed by atoms with Crippen molar-refractivity contribution in [2.24, 2.45) is 5.92 Å². The standard InChI is InChI=1S/C23H18O/c1-15-9-10-19(17-11-12-24-14-17)23(15)21-8-4-7-20-18-6-3-2-5-16(18)13-22(20)21/h2-12,14-15H,13H2,1H3. The van der Waals surface area contributed by atoms with Crippen LogP contribution in [-0.2, 0) is 6.42 Å². The quantitative estimate of drug-likeness (QED) is 0.445. The summed E-state index contributed by atoms with van der Waals surface area (Å²) in [4.78, 5) is 0. The van der Waals surface area contributed by atoms with E-state index in [0.29, 0.717) is 5.92 Å². The molecule has 0 bridgehead atoms. The van der Waals surface area contributed by atoms with E-state index in [2.05, 4.69) is 67.6 Å². The van der Waals surface area contributed by atoms with Gasteiger partial charge in [-0.05, 0) is 51.5 Å². The molecule has 0 N–H and O–H groups in total. The van der Waals surface area contributed by atoms with E-state index in [-0.39, 0.29) is 0 Å². The summed E-state index contributed by atoms with van der Waals surface area (Å²) in [5, 5.41) is 0. The summed E-state index contributed by atoms with van der Waals surface area (Å²) in [6.07, 6.45) is 9.15. The maximum atomic E-state index is 5.32. The number of hydrogen-bond acceptors (Lipinski definition) is 1. The monoisotopic (exact) mass is 310 g/mol. The van der Waals surface area contributed by atoms with Gasteiger partial charge in [0.2, 0.25) is 0 Å². The van der Waals surface area contributed by atoms with Crippen molar-refractivity contribution < 1.29 is 4.42 Å². The van der Waals surface area contributed by atoms with Crippen LogP contribution in [0.4, 0.5) is 0 Å². The lowest BCUT2D eigenvalue weighted by Gasteiger charge is -2.16. The molecule has 24 heavy (non-hydrogen) atoms. The van der Waals surface area contributed by atoms with Crippen molar-refractivity contribution >= 4 is 11.1 Å². The van der Waals surface area contributed by atoms with Crippen molar-refractivity contribution in [1.82, 2.24) is 0 Å². The largest absolute Gasteiger partial charge is 0.472 e. The molecule has 1 aromatic heterocycles. The number of furan rings is 1.